The van der Waals surface area contributed by atoms with Crippen molar-refractivity contribution in [3.63, 3.8) is 0 Å². The number of rotatable bonds is 9. The maximum atomic E-state index is 12.1. The number of carbonyl (C=O) groups is 2. The summed E-state index contributed by atoms with van der Waals surface area (Å²) in [6.45, 7) is 7.70. The van der Waals surface area contributed by atoms with E-state index in [2.05, 4.69) is 5.32 Å². The minimum Gasteiger partial charge on any atom is -0.491 e. The molecule has 0 radical (unpaired) electrons. The highest BCUT2D eigenvalue weighted by Crippen LogP contribution is 2.25. The van der Waals surface area contributed by atoms with Crippen molar-refractivity contribution in [1.29, 1.82) is 0 Å². The van der Waals surface area contributed by atoms with Gasteiger partial charge in [-0.1, -0.05) is 26.0 Å². The zero-order chi connectivity index (χ0) is 17.5. The number of amides is 1. The number of benzene rings is 1. The predicted octanol–water partition coefficient (Wildman–Crippen LogP) is 3.02. The van der Waals surface area contributed by atoms with Crippen LogP contribution in [-0.2, 0) is 16.0 Å². The van der Waals surface area contributed by atoms with E-state index >= 15 is 0 Å². The predicted molar refractivity (Wildman–Crippen MR) is 89.6 cm³/mol. The van der Waals surface area contributed by atoms with Crippen LogP contribution in [0.5, 0.6) is 5.75 Å². The SMILES string of the molecule is CCC(CC)(CNC(=O)Cc1cccc(OC(C)C)c1)C(=O)O. The maximum Gasteiger partial charge on any atom is 0.311 e. The van der Waals surface area contributed by atoms with Crippen molar-refractivity contribution in [1.82, 2.24) is 5.32 Å². The molecule has 1 amide bonds. The van der Waals surface area contributed by atoms with Crippen molar-refractivity contribution in [2.75, 3.05) is 6.54 Å². The first-order valence-corrected chi connectivity index (χ1v) is 8.08. The number of hydrogen-bond acceptors (Lipinski definition) is 3. The summed E-state index contributed by atoms with van der Waals surface area (Å²) in [5, 5.41) is 12.1. The molecule has 0 aliphatic heterocycles. The van der Waals surface area contributed by atoms with Crippen LogP contribution in [0.15, 0.2) is 24.3 Å². The lowest BCUT2D eigenvalue weighted by atomic mass is 9.82. The van der Waals surface area contributed by atoms with Gasteiger partial charge in [0.2, 0.25) is 5.91 Å². The average Bonchev–Trinajstić information content (AvgIpc) is 2.48. The first-order chi connectivity index (χ1) is 10.8. The van der Waals surface area contributed by atoms with Gasteiger partial charge in [0.15, 0.2) is 0 Å². The van der Waals surface area contributed by atoms with Crippen LogP contribution < -0.4 is 10.1 Å². The Hall–Kier alpha value is -2.04. The number of carbonyl (C=O) groups excluding carboxylic acids is 1. The molecule has 0 fully saturated rings. The molecule has 0 aromatic heterocycles. The molecule has 1 aromatic rings. The molecule has 0 bridgehead atoms. The molecule has 128 valence electrons. The monoisotopic (exact) mass is 321 g/mol. The second-order valence-electron chi connectivity index (χ2n) is 6.06. The Morgan fingerprint density at radius 1 is 1.26 bits per heavy atom. The van der Waals surface area contributed by atoms with E-state index in [1.165, 1.54) is 0 Å². The van der Waals surface area contributed by atoms with Crippen LogP contribution in [0.4, 0.5) is 0 Å². The molecule has 5 nitrogen and oxygen atoms in total. The summed E-state index contributed by atoms with van der Waals surface area (Å²) >= 11 is 0. The molecule has 5 heteroatoms. The molecule has 0 unspecified atom stereocenters. The normalized spacial score (nSPS) is 11.3. The number of nitrogens with one attached hydrogen (secondary N) is 1. The van der Waals surface area contributed by atoms with Crippen molar-refractivity contribution in [2.45, 2.75) is 53.1 Å². The van der Waals surface area contributed by atoms with E-state index in [4.69, 9.17) is 4.74 Å². The summed E-state index contributed by atoms with van der Waals surface area (Å²) in [7, 11) is 0. The number of ether oxygens (including phenoxy) is 1. The van der Waals surface area contributed by atoms with Crippen LogP contribution >= 0.6 is 0 Å². The number of aliphatic carboxylic acids is 1. The third-order valence-corrected chi connectivity index (χ3v) is 4.07. The van der Waals surface area contributed by atoms with Gasteiger partial charge in [0.05, 0.1) is 17.9 Å². The molecule has 1 rings (SSSR count). The van der Waals surface area contributed by atoms with Gasteiger partial charge < -0.3 is 15.2 Å². The lowest BCUT2D eigenvalue weighted by Gasteiger charge is -2.26. The molecule has 0 aliphatic rings. The highest BCUT2D eigenvalue weighted by atomic mass is 16.5. The van der Waals surface area contributed by atoms with E-state index in [9.17, 15) is 14.7 Å². The van der Waals surface area contributed by atoms with E-state index in [1.807, 2.05) is 52.0 Å². The molecule has 0 heterocycles. The van der Waals surface area contributed by atoms with Crippen LogP contribution in [0.3, 0.4) is 0 Å². The highest BCUT2D eigenvalue weighted by Gasteiger charge is 2.35. The second-order valence-corrected chi connectivity index (χ2v) is 6.06. The fourth-order valence-corrected chi connectivity index (χ4v) is 2.39. The number of hydrogen-bond donors (Lipinski definition) is 2. The lowest BCUT2D eigenvalue weighted by molar-refractivity contribution is -0.149. The number of carboxylic acids is 1. The van der Waals surface area contributed by atoms with E-state index < -0.39 is 11.4 Å². The van der Waals surface area contributed by atoms with Gasteiger partial charge in [0.1, 0.15) is 5.75 Å². The Labute approximate surface area is 138 Å². The van der Waals surface area contributed by atoms with Gasteiger partial charge >= 0.3 is 5.97 Å². The van der Waals surface area contributed by atoms with Crippen LogP contribution in [0.25, 0.3) is 0 Å². The smallest absolute Gasteiger partial charge is 0.311 e. The summed E-state index contributed by atoms with van der Waals surface area (Å²) in [6.07, 6.45) is 1.25. The summed E-state index contributed by atoms with van der Waals surface area (Å²) in [6, 6.07) is 7.39. The van der Waals surface area contributed by atoms with E-state index in [1.54, 1.807) is 0 Å². The molecule has 23 heavy (non-hydrogen) atoms. The molecule has 0 atom stereocenters. The summed E-state index contributed by atoms with van der Waals surface area (Å²) in [5.41, 5.74) is -0.0484. The standard InChI is InChI=1S/C18H27NO4/c1-5-18(6-2,17(21)22)12-19-16(20)11-14-8-7-9-15(10-14)23-13(3)4/h7-10,13H,5-6,11-12H2,1-4H3,(H,19,20)(H,21,22). The Kier molecular flexibility index (Phi) is 7.07. The third-order valence-electron chi connectivity index (χ3n) is 4.07. The fraction of sp³-hybridized carbons (Fsp3) is 0.556. The Bertz CT molecular complexity index is 536. The highest BCUT2D eigenvalue weighted by molar-refractivity contribution is 5.80. The molecule has 0 saturated heterocycles. The molecule has 0 saturated carbocycles. The largest absolute Gasteiger partial charge is 0.491 e. The summed E-state index contributed by atoms with van der Waals surface area (Å²) in [4.78, 5) is 23.5. The average molecular weight is 321 g/mol. The molecule has 0 aliphatic carbocycles. The minimum absolute atomic E-state index is 0.0735. The van der Waals surface area contributed by atoms with Gasteiger partial charge in [-0.05, 0) is 44.4 Å². The van der Waals surface area contributed by atoms with Crippen molar-refractivity contribution in [3.05, 3.63) is 29.8 Å². The third kappa shape index (κ3) is 5.58. The summed E-state index contributed by atoms with van der Waals surface area (Å²) < 4.78 is 5.61. The molecule has 2 N–H and O–H groups in total. The van der Waals surface area contributed by atoms with Crippen LogP contribution in [0.2, 0.25) is 0 Å². The van der Waals surface area contributed by atoms with Crippen LogP contribution in [-0.4, -0.2) is 29.6 Å². The van der Waals surface area contributed by atoms with Gasteiger partial charge in [0.25, 0.3) is 0 Å². The lowest BCUT2D eigenvalue weighted by Crippen LogP contribution is -2.42. The second kappa shape index (κ2) is 8.56. The van der Waals surface area contributed by atoms with Crippen molar-refractivity contribution in [3.8, 4) is 5.75 Å². The van der Waals surface area contributed by atoms with Gasteiger partial charge in [-0.25, -0.2) is 0 Å². The topological polar surface area (TPSA) is 75.6 Å². The van der Waals surface area contributed by atoms with Gasteiger partial charge in [0, 0.05) is 6.54 Å². The van der Waals surface area contributed by atoms with E-state index in [0.29, 0.717) is 12.8 Å². The number of carboxylic acid groups (broad SMARTS) is 1. The summed E-state index contributed by atoms with van der Waals surface area (Å²) in [5.74, 6) is -0.318. The van der Waals surface area contributed by atoms with Gasteiger partial charge in [-0.3, -0.25) is 9.59 Å². The van der Waals surface area contributed by atoms with Crippen molar-refractivity contribution in [2.24, 2.45) is 5.41 Å². The zero-order valence-corrected chi connectivity index (χ0v) is 14.4. The maximum absolute atomic E-state index is 12.1. The molecular formula is C18H27NO4. The Morgan fingerprint density at radius 3 is 2.43 bits per heavy atom. The van der Waals surface area contributed by atoms with E-state index in [0.717, 1.165) is 11.3 Å². The van der Waals surface area contributed by atoms with Crippen LogP contribution in [0, 0.1) is 5.41 Å². The van der Waals surface area contributed by atoms with Crippen molar-refractivity contribution < 1.29 is 19.4 Å². The Balaban J connectivity index is 2.65. The molecule has 1 aromatic carbocycles. The Morgan fingerprint density at radius 2 is 1.91 bits per heavy atom. The molecule has 0 spiro atoms. The van der Waals surface area contributed by atoms with Crippen molar-refractivity contribution >= 4 is 11.9 Å². The minimum atomic E-state index is -0.891. The quantitative estimate of drug-likeness (QED) is 0.733. The van der Waals surface area contributed by atoms with Gasteiger partial charge in [-0.15, -0.1) is 0 Å². The van der Waals surface area contributed by atoms with Gasteiger partial charge in [-0.2, -0.15) is 0 Å². The fourth-order valence-electron chi connectivity index (χ4n) is 2.39. The zero-order valence-electron chi connectivity index (χ0n) is 14.4. The van der Waals surface area contributed by atoms with E-state index in [-0.39, 0.29) is 25.0 Å². The first kappa shape index (κ1) is 19.0. The first-order valence-electron chi connectivity index (χ1n) is 8.08. The molecular weight excluding hydrogens is 294 g/mol. The van der Waals surface area contributed by atoms with Crippen LogP contribution in [0.1, 0.15) is 46.1 Å².